The molecule has 1 heterocycles. The summed E-state index contributed by atoms with van der Waals surface area (Å²) in [6, 6.07) is 13.6. The van der Waals surface area contributed by atoms with Crippen LogP contribution in [0.25, 0.3) is 10.8 Å². The number of hydrogen-bond donors (Lipinski definition) is 2. The van der Waals surface area contributed by atoms with Crippen molar-refractivity contribution in [2.24, 2.45) is 0 Å². The Bertz CT molecular complexity index is 1650. The minimum atomic E-state index is -1.49. The summed E-state index contributed by atoms with van der Waals surface area (Å²) in [5.74, 6) is -1.44. The summed E-state index contributed by atoms with van der Waals surface area (Å²) in [5, 5.41) is 15.6. The van der Waals surface area contributed by atoms with Crippen LogP contribution >= 0.6 is 0 Å². The number of ether oxygens (including phenoxy) is 3. The maximum Gasteiger partial charge on any atom is 0.259 e. The Kier molecular flexibility index (Phi) is 6.87. The molecule has 2 N–H and O–H groups in total. The summed E-state index contributed by atoms with van der Waals surface area (Å²) in [7, 11) is 1.44. The van der Waals surface area contributed by atoms with Gasteiger partial charge in [0.2, 0.25) is 0 Å². The van der Waals surface area contributed by atoms with Crippen LogP contribution in [-0.4, -0.2) is 36.3 Å². The molecular weight excluding hydrogens is 510 g/mol. The van der Waals surface area contributed by atoms with E-state index in [9.17, 15) is 19.5 Å². The van der Waals surface area contributed by atoms with E-state index in [0.29, 0.717) is 24.3 Å². The van der Waals surface area contributed by atoms with E-state index in [1.54, 1.807) is 13.0 Å². The molecule has 1 atom stereocenters. The number of rotatable bonds is 8. The molecule has 3 aromatic carbocycles. The zero-order chi connectivity index (χ0) is 28.8. The van der Waals surface area contributed by atoms with Crippen LogP contribution in [-0.2, 0) is 21.5 Å². The Labute approximate surface area is 232 Å². The van der Waals surface area contributed by atoms with Gasteiger partial charge in [0.15, 0.2) is 17.3 Å². The summed E-state index contributed by atoms with van der Waals surface area (Å²) in [6.45, 7) is 7.34. The van der Waals surface area contributed by atoms with Gasteiger partial charge in [0.1, 0.15) is 39.6 Å². The molecule has 5 rings (SSSR count). The van der Waals surface area contributed by atoms with E-state index in [0.717, 1.165) is 21.9 Å². The molecule has 40 heavy (non-hydrogen) atoms. The number of aryl methyl sites for hydroxylation is 1. The largest absolute Gasteiger partial charge is 0.507 e. The minimum absolute atomic E-state index is 0.0902. The van der Waals surface area contributed by atoms with Gasteiger partial charge in [-0.15, -0.1) is 0 Å². The number of carbonyl (C=O) groups excluding carboxylic acids is 3. The van der Waals surface area contributed by atoms with Gasteiger partial charge >= 0.3 is 0 Å². The van der Waals surface area contributed by atoms with Crippen LogP contribution in [0, 0.1) is 6.92 Å². The van der Waals surface area contributed by atoms with E-state index in [-0.39, 0.29) is 34.9 Å². The Morgan fingerprint density at radius 3 is 2.58 bits per heavy atom. The lowest BCUT2D eigenvalue weighted by Crippen LogP contribution is -2.39. The van der Waals surface area contributed by atoms with Crippen LogP contribution < -0.4 is 19.5 Å². The van der Waals surface area contributed by atoms with Gasteiger partial charge in [-0.2, -0.15) is 0 Å². The number of allylic oxidation sites excluding steroid dienone is 3. The lowest BCUT2D eigenvalue weighted by Gasteiger charge is -2.28. The lowest BCUT2D eigenvalue weighted by atomic mass is 9.71. The molecular formula is C32H31NO7. The molecule has 1 aliphatic carbocycles. The van der Waals surface area contributed by atoms with Crippen molar-refractivity contribution in [3.8, 4) is 17.2 Å². The third-order valence-corrected chi connectivity index (χ3v) is 7.58. The highest BCUT2D eigenvalue weighted by Gasteiger charge is 2.55. The molecule has 1 aliphatic heterocycles. The summed E-state index contributed by atoms with van der Waals surface area (Å²) >= 11 is 0. The smallest absolute Gasteiger partial charge is 0.259 e. The van der Waals surface area contributed by atoms with Gasteiger partial charge in [-0.05, 0) is 49.1 Å². The topological polar surface area (TPSA) is 111 Å². The first kappa shape index (κ1) is 27.0. The summed E-state index contributed by atoms with van der Waals surface area (Å²) < 4.78 is 17.8. The number of methoxy groups -OCH3 is 1. The quantitative estimate of drug-likeness (QED) is 0.368. The number of carbonyl (C=O) groups is 3. The first-order valence-electron chi connectivity index (χ1n) is 13.2. The van der Waals surface area contributed by atoms with Gasteiger partial charge in [0.05, 0.1) is 19.3 Å². The second-order valence-electron chi connectivity index (χ2n) is 10.2. The fourth-order valence-corrected chi connectivity index (χ4v) is 5.46. The van der Waals surface area contributed by atoms with E-state index in [1.165, 1.54) is 20.1 Å². The second-order valence-corrected chi connectivity index (χ2v) is 10.2. The van der Waals surface area contributed by atoms with Crippen LogP contribution in [0.3, 0.4) is 0 Å². The summed E-state index contributed by atoms with van der Waals surface area (Å²) in [5.41, 5.74) is 0.604. The molecule has 3 aromatic rings. The number of amides is 1. The first-order chi connectivity index (χ1) is 19.1. The monoisotopic (exact) mass is 541 g/mol. The predicted octanol–water partition coefficient (Wildman–Crippen LogP) is 5.39. The number of fused-ring (bicyclic) bond motifs is 4. The zero-order valence-electron chi connectivity index (χ0n) is 23.1. The van der Waals surface area contributed by atoms with Crippen molar-refractivity contribution in [1.82, 2.24) is 5.32 Å². The molecule has 0 unspecified atom stereocenters. The average molecular weight is 542 g/mol. The van der Waals surface area contributed by atoms with E-state index >= 15 is 0 Å². The molecule has 8 nitrogen and oxygen atoms in total. The number of nitrogens with one attached hydrogen (secondary N) is 1. The standard InChI is InChI=1S/C32H31NO7/c1-6-13-39-24-15-23(38-5)27(31(37)33-16-21-17(2)11-12-19-9-7-8-10-20(19)21)29-28(24)32(4)25(40-29)14-22(35)26(18(3)34)30(32)36/h7-12,14-15,35H,6,13,16H2,1-5H3,(H,33,37)/t32-/m1/s1. The SMILES string of the molecule is CCCOc1cc(OC)c(C(=O)NCc2c(C)ccc3ccccc23)c2c1[C@]1(C)C(=O)C(C(C)=O)=C(O)C=C1O2. The molecule has 1 amide bonds. The summed E-state index contributed by atoms with van der Waals surface area (Å²) in [6.07, 6.45) is 1.95. The van der Waals surface area contributed by atoms with Crippen molar-refractivity contribution in [3.63, 3.8) is 0 Å². The third kappa shape index (κ3) is 4.11. The summed E-state index contributed by atoms with van der Waals surface area (Å²) in [4.78, 5) is 39.9. The molecule has 0 fully saturated rings. The maximum absolute atomic E-state index is 13.8. The van der Waals surface area contributed by atoms with Crippen molar-refractivity contribution >= 4 is 28.2 Å². The highest BCUT2D eigenvalue weighted by Crippen LogP contribution is 2.56. The Hall–Kier alpha value is -4.59. The molecule has 0 aromatic heterocycles. The molecule has 0 spiro atoms. The number of ketones is 2. The number of aliphatic hydroxyl groups is 1. The highest BCUT2D eigenvalue weighted by atomic mass is 16.5. The van der Waals surface area contributed by atoms with Gasteiger partial charge in [-0.3, -0.25) is 14.4 Å². The van der Waals surface area contributed by atoms with Gasteiger partial charge < -0.3 is 24.6 Å². The van der Waals surface area contributed by atoms with E-state index in [4.69, 9.17) is 14.2 Å². The van der Waals surface area contributed by atoms with Crippen LogP contribution in [0.4, 0.5) is 0 Å². The minimum Gasteiger partial charge on any atom is -0.507 e. The van der Waals surface area contributed by atoms with E-state index in [1.807, 2.05) is 50.2 Å². The van der Waals surface area contributed by atoms with Crippen LogP contribution in [0.15, 0.2) is 65.6 Å². The van der Waals surface area contributed by atoms with Crippen molar-refractivity contribution in [3.05, 3.63) is 87.9 Å². The molecule has 0 bridgehead atoms. The highest BCUT2D eigenvalue weighted by molar-refractivity contribution is 6.25. The molecule has 0 radical (unpaired) electrons. The van der Waals surface area contributed by atoms with E-state index in [2.05, 4.69) is 5.32 Å². The van der Waals surface area contributed by atoms with E-state index < -0.39 is 28.6 Å². The fraction of sp³-hybridized carbons (Fsp3) is 0.281. The Morgan fingerprint density at radius 2 is 1.88 bits per heavy atom. The van der Waals surface area contributed by atoms with Crippen LogP contribution in [0.1, 0.15) is 54.2 Å². The maximum atomic E-state index is 13.8. The van der Waals surface area contributed by atoms with Crippen LogP contribution in [0.2, 0.25) is 0 Å². The molecule has 206 valence electrons. The lowest BCUT2D eigenvalue weighted by molar-refractivity contribution is -0.123. The fourth-order valence-electron chi connectivity index (χ4n) is 5.46. The number of benzene rings is 3. The third-order valence-electron chi connectivity index (χ3n) is 7.58. The van der Waals surface area contributed by atoms with Crippen molar-refractivity contribution in [2.75, 3.05) is 13.7 Å². The van der Waals surface area contributed by atoms with Crippen LogP contribution in [0.5, 0.6) is 17.2 Å². The second kappa shape index (κ2) is 10.2. The Morgan fingerprint density at radius 1 is 1.12 bits per heavy atom. The first-order valence-corrected chi connectivity index (χ1v) is 13.2. The number of hydrogen-bond acceptors (Lipinski definition) is 7. The Balaban J connectivity index is 1.62. The van der Waals surface area contributed by atoms with Crippen molar-refractivity contribution in [1.29, 1.82) is 0 Å². The molecule has 8 heteroatoms. The van der Waals surface area contributed by atoms with Gasteiger partial charge in [-0.25, -0.2) is 0 Å². The normalized spacial score (nSPS) is 17.6. The van der Waals surface area contributed by atoms with Gasteiger partial charge in [-0.1, -0.05) is 43.3 Å². The average Bonchev–Trinajstić information content (AvgIpc) is 3.23. The predicted molar refractivity (Wildman–Crippen MR) is 150 cm³/mol. The number of aliphatic hydroxyl groups excluding tert-OH is 1. The molecule has 0 saturated heterocycles. The molecule has 2 aliphatic rings. The number of Topliss-reactive ketones (excluding diaryl/α,β-unsaturated/α-hetero) is 2. The van der Waals surface area contributed by atoms with Gasteiger partial charge in [0, 0.05) is 18.7 Å². The van der Waals surface area contributed by atoms with Crippen molar-refractivity contribution in [2.45, 2.75) is 46.1 Å². The van der Waals surface area contributed by atoms with Crippen molar-refractivity contribution < 1.29 is 33.7 Å². The zero-order valence-corrected chi connectivity index (χ0v) is 23.1. The van der Waals surface area contributed by atoms with Gasteiger partial charge in [0.25, 0.3) is 5.91 Å². The molecule has 0 saturated carbocycles.